The van der Waals surface area contributed by atoms with Gasteiger partial charge < -0.3 is 25.0 Å². The predicted octanol–water partition coefficient (Wildman–Crippen LogP) is -0.794. The second kappa shape index (κ2) is 7.09. The molecule has 2 unspecified atom stereocenters. The molecule has 1 fully saturated rings. The van der Waals surface area contributed by atoms with E-state index < -0.39 is 24.0 Å². The predicted molar refractivity (Wildman–Crippen MR) is 70.2 cm³/mol. The van der Waals surface area contributed by atoms with Crippen LogP contribution in [0.25, 0.3) is 0 Å². The Kier molecular flexibility index (Phi) is 5.75. The van der Waals surface area contributed by atoms with E-state index in [1.54, 1.807) is 7.05 Å². The Balaban J connectivity index is 2.50. The van der Waals surface area contributed by atoms with Crippen molar-refractivity contribution in [2.24, 2.45) is 5.92 Å². The first kappa shape index (κ1) is 16.2. The van der Waals surface area contributed by atoms with Gasteiger partial charge in [-0.05, 0) is 6.92 Å². The van der Waals surface area contributed by atoms with Crippen LogP contribution < -0.4 is 5.32 Å². The smallest absolute Gasteiger partial charge is 0.317 e. The van der Waals surface area contributed by atoms with Crippen LogP contribution in [-0.4, -0.2) is 79.3 Å². The molecule has 8 nitrogen and oxygen atoms in total. The lowest BCUT2D eigenvalue weighted by atomic mass is 10.0. The summed E-state index contributed by atoms with van der Waals surface area (Å²) >= 11 is 0. The third-order valence-corrected chi connectivity index (χ3v) is 3.48. The van der Waals surface area contributed by atoms with Gasteiger partial charge in [0.2, 0.25) is 5.91 Å². The van der Waals surface area contributed by atoms with E-state index in [-0.39, 0.29) is 25.7 Å². The van der Waals surface area contributed by atoms with Gasteiger partial charge in [-0.1, -0.05) is 0 Å². The summed E-state index contributed by atoms with van der Waals surface area (Å²) in [7, 11) is 3.14. The average Bonchev–Trinajstić information content (AvgIpc) is 2.91. The van der Waals surface area contributed by atoms with Crippen molar-refractivity contribution in [3.63, 3.8) is 0 Å². The first-order valence-corrected chi connectivity index (χ1v) is 6.43. The fraction of sp³-hybridized carbons (Fsp3) is 0.750. The van der Waals surface area contributed by atoms with Crippen molar-refractivity contribution in [3.05, 3.63) is 0 Å². The molecule has 0 radical (unpaired) electrons. The van der Waals surface area contributed by atoms with Crippen molar-refractivity contribution in [3.8, 4) is 0 Å². The highest BCUT2D eigenvalue weighted by molar-refractivity contribution is 5.84. The number of nitrogens with zero attached hydrogens (tertiary/aromatic N) is 2. The molecule has 3 amide bonds. The summed E-state index contributed by atoms with van der Waals surface area (Å²) in [4.78, 5) is 37.3. The zero-order chi connectivity index (χ0) is 15.3. The molecule has 0 spiro atoms. The zero-order valence-corrected chi connectivity index (χ0v) is 12.0. The summed E-state index contributed by atoms with van der Waals surface area (Å²) in [5.74, 6) is -1.93. The second-order valence-electron chi connectivity index (χ2n) is 4.73. The molecule has 0 aliphatic carbocycles. The molecule has 0 bridgehead atoms. The number of nitrogens with one attached hydrogen (secondary N) is 1. The fourth-order valence-electron chi connectivity index (χ4n) is 1.90. The maximum Gasteiger partial charge on any atom is 0.317 e. The monoisotopic (exact) mass is 287 g/mol. The Hall–Kier alpha value is -1.83. The fourth-order valence-corrected chi connectivity index (χ4v) is 1.90. The van der Waals surface area contributed by atoms with Crippen LogP contribution in [0.1, 0.15) is 6.92 Å². The number of carboxylic acids is 1. The number of hydrogen-bond acceptors (Lipinski definition) is 4. The summed E-state index contributed by atoms with van der Waals surface area (Å²) in [6, 6.07) is -1.00. The molecule has 20 heavy (non-hydrogen) atoms. The molecule has 0 aromatic rings. The first-order chi connectivity index (χ1) is 9.38. The van der Waals surface area contributed by atoms with E-state index in [2.05, 4.69) is 5.32 Å². The minimum Gasteiger partial charge on any atom is -0.481 e. The normalized spacial score (nSPS) is 21.4. The van der Waals surface area contributed by atoms with Crippen LogP contribution in [0.3, 0.4) is 0 Å². The molecule has 0 aromatic heterocycles. The van der Waals surface area contributed by atoms with Gasteiger partial charge in [0.15, 0.2) is 0 Å². The number of amides is 3. The minimum atomic E-state index is -0.992. The third kappa shape index (κ3) is 3.83. The number of aliphatic carboxylic acids is 1. The van der Waals surface area contributed by atoms with Crippen LogP contribution in [0.2, 0.25) is 0 Å². The van der Waals surface area contributed by atoms with Crippen LogP contribution in [0.5, 0.6) is 0 Å². The molecule has 1 aliphatic rings. The highest BCUT2D eigenvalue weighted by Crippen LogP contribution is 2.18. The van der Waals surface area contributed by atoms with E-state index in [0.29, 0.717) is 6.54 Å². The highest BCUT2D eigenvalue weighted by atomic mass is 16.5. The van der Waals surface area contributed by atoms with Gasteiger partial charge in [0.1, 0.15) is 5.92 Å². The van der Waals surface area contributed by atoms with E-state index in [9.17, 15) is 14.4 Å². The topological polar surface area (TPSA) is 99.2 Å². The maximum absolute atomic E-state index is 11.9. The average molecular weight is 287 g/mol. The molecule has 1 rings (SSSR count). The van der Waals surface area contributed by atoms with Crippen molar-refractivity contribution >= 4 is 17.9 Å². The highest BCUT2D eigenvalue weighted by Gasteiger charge is 2.38. The molecule has 1 saturated heterocycles. The standard InChI is InChI=1S/C12H21N3O5/c1-4-14(2)10(16)5-13-12(19)15(3)9-7-20-6-8(9)11(17)18/h8-9H,4-7H2,1-3H3,(H,13,19)(H,17,18). The van der Waals surface area contributed by atoms with Gasteiger partial charge in [0.25, 0.3) is 0 Å². The summed E-state index contributed by atoms with van der Waals surface area (Å²) in [6.45, 7) is 2.55. The molecule has 114 valence electrons. The summed E-state index contributed by atoms with van der Waals surface area (Å²) in [5.41, 5.74) is 0. The lowest BCUT2D eigenvalue weighted by Crippen LogP contribution is -2.50. The van der Waals surface area contributed by atoms with Gasteiger partial charge >= 0.3 is 12.0 Å². The van der Waals surface area contributed by atoms with E-state index in [1.165, 1.54) is 16.8 Å². The Labute approximate surface area is 117 Å². The molecule has 0 saturated carbocycles. The van der Waals surface area contributed by atoms with E-state index in [4.69, 9.17) is 9.84 Å². The van der Waals surface area contributed by atoms with Crippen molar-refractivity contribution in [1.29, 1.82) is 0 Å². The second-order valence-corrected chi connectivity index (χ2v) is 4.73. The van der Waals surface area contributed by atoms with Crippen molar-refractivity contribution in [2.75, 3.05) is 40.4 Å². The number of ether oxygens (including phenoxy) is 1. The molecular weight excluding hydrogens is 266 g/mol. The largest absolute Gasteiger partial charge is 0.481 e. The summed E-state index contributed by atoms with van der Waals surface area (Å²) in [6.07, 6.45) is 0. The van der Waals surface area contributed by atoms with E-state index in [1.807, 2.05) is 6.92 Å². The van der Waals surface area contributed by atoms with E-state index in [0.717, 1.165) is 0 Å². The molecule has 1 heterocycles. The van der Waals surface area contributed by atoms with Crippen LogP contribution in [0.15, 0.2) is 0 Å². The third-order valence-electron chi connectivity index (χ3n) is 3.48. The number of carbonyl (C=O) groups is 3. The Morgan fingerprint density at radius 3 is 2.50 bits per heavy atom. The number of urea groups is 1. The van der Waals surface area contributed by atoms with Gasteiger partial charge in [-0.3, -0.25) is 9.59 Å². The lowest BCUT2D eigenvalue weighted by molar-refractivity contribution is -0.142. The molecule has 1 aliphatic heterocycles. The number of rotatable bonds is 5. The number of hydrogen-bond donors (Lipinski definition) is 2. The van der Waals surface area contributed by atoms with Gasteiger partial charge in [0.05, 0.1) is 25.8 Å². The Morgan fingerprint density at radius 2 is 1.95 bits per heavy atom. The lowest BCUT2D eigenvalue weighted by Gasteiger charge is -2.26. The number of carboxylic acid groups (broad SMARTS) is 1. The van der Waals surface area contributed by atoms with Gasteiger partial charge in [-0.2, -0.15) is 0 Å². The Bertz CT molecular complexity index is 387. The van der Waals surface area contributed by atoms with Crippen LogP contribution in [-0.2, 0) is 14.3 Å². The minimum absolute atomic E-state index is 0.0924. The summed E-state index contributed by atoms with van der Waals surface area (Å²) in [5, 5.41) is 11.5. The van der Waals surface area contributed by atoms with Gasteiger partial charge in [-0.25, -0.2) is 4.79 Å². The molecule has 0 aromatic carbocycles. The van der Waals surface area contributed by atoms with Gasteiger partial charge in [-0.15, -0.1) is 0 Å². The quantitative estimate of drug-likeness (QED) is 0.690. The van der Waals surface area contributed by atoms with E-state index >= 15 is 0 Å². The molecule has 2 N–H and O–H groups in total. The summed E-state index contributed by atoms with van der Waals surface area (Å²) < 4.78 is 5.11. The van der Waals surface area contributed by atoms with Crippen molar-refractivity contribution in [1.82, 2.24) is 15.1 Å². The zero-order valence-electron chi connectivity index (χ0n) is 12.0. The van der Waals surface area contributed by atoms with Crippen molar-refractivity contribution in [2.45, 2.75) is 13.0 Å². The van der Waals surface area contributed by atoms with Gasteiger partial charge in [0, 0.05) is 20.6 Å². The molecular formula is C12H21N3O5. The molecule has 8 heteroatoms. The number of carbonyl (C=O) groups excluding carboxylic acids is 2. The Morgan fingerprint density at radius 1 is 1.30 bits per heavy atom. The molecule has 2 atom stereocenters. The van der Waals surface area contributed by atoms with Crippen molar-refractivity contribution < 1.29 is 24.2 Å². The maximum atomic E-state index is 11.9. The van der Waals surface area contributed by atoms with Crippen LogP contribution >= 0.6 is 0 Å². The van der Waals surface area contributed by atoms with Crippen LogP contribution in [0, 0.1) is 5.92 Å². The van der Waals surface area contributed by atoms with Crippen LogP contribution in [0.4, 0.5) is 4.79 Å². The first-order valence-electron chi connectivity index (χ1n) is 6.43. The number of likely N-dealkylation sites (N-methyl/N-ethyl adjacent to an activating group) is 2. The SMILES string of the molecule is CCN(C)C(=O)CNC(=O)N(C)C1COCC1C(=O)O.